The molecule has 3 N–H and O–H groups in total. The predicted octanol–water partition coefficient (Wildman–Crippen LogP) is 3.10. The summed E-state index contributed by atoms with van der Waals surface area (Å²) in [5.74, 6) is 0.449. The summed E-state index contributed by atoms with van der Waals surface area (Å²) in [5.41, 5.74) is 8.98. The molecule has 2 aromatic carbocycles. The number of anilines is 1. The van der Waals surface area contributed by atoms with E-state index >= 15 is 0 Å². The van der Waals surface area contributed by atoms with E-state index in [9.17, 15) is 4.79 Å². The van der Waals surface area contributed by atoms with E-state index in [0.717, 1.165) is 22.6 Å². The van der Waals surface area contributed by atoms with E-state index in [1.165, 1.54) is 0 Å². The molecule has 0 aliphatic heterocycles. The van der Waals surface area contributed by atoms with Gasteiger partial charge >= 0.3 is 0 Å². The number of carbonyl (C=O) groups excluding carboxylic acids is 1. The van der Waals surface area contributed by atoms with Crippen LogP contribution in [0.2, 0.25) is 0 Å². The number of hydrogen-bond donors (Lipinski definition) is 2. The third-order valence-corrected chi connectivity index (χ3v) is 3.26. The highest BCUT2D eigenvalue weighted by molar-refractivity contribution is 5.93. The summed E-state index contributed by atoms with van der Waals surface area (Å²) in [4.78, 5) is 11.1. The van der Waals surface area contributed by atoms with E-state index in [2.05, 4.69) is 5.32 Å². The molecule has 2 aromatic rings. The highest BCUT2D eigenvalue weighted by Crippen LogP contribution is 2.19. The number of amides is 1. The Kier molecular flexibility index (Phi) is 4.82. The first-order chi connectivity index (χ1) is 10.1. The molecule has 4 nitrogen and oxygen atoms in total. The molecule has 0 saturated carbocycles. The molecule has 0 spiro atoms. The van der Waals surface area contributed by atoms with E-state index < -0.39 is 5.91 Å². The van der Waals surface area contributed by atoms with Gasteiger partial charge in [-0.15, -0.1) is 0 Å². The van der Waals surface area contributed by atoms with Gasteiger partial charge in [0.05, 0.1) is 6.61 Å². The summed E-state index contributed by atoms with van der Waals surface area (Å²) in [7, 11) is 0. The topological polar surface area (TPSA) is 64.3 Å². The summed E-state index contributed by atoms with van der Waals surface area (Å²) >= 11 is 0. The molecule has 0 radical (unpaired) electrons. The van der Waals surface area contributed by atoms with Crippen LogP contribution in [0.15, 0.2) is 42.5 Å². The van der Waals surface area contributed by atoms with Crippen LogP contribution in [0, 0.1) is 6.92 Å². The zero-order chi connectivity index (χ0) is 15.2. The minimum atomic E-state index is -0.401. The molecule has 0 aliphatic rings. The summed E-state index contributed by atoms with van der Waals surface area (Å²) in [6.07, 6.45) is 0. The van der Waals surface area contributed by atoms with Crippen molar-refractivity contribution in [2.75, 3.05) is 11.9 Å². The summed E-state index contributed by atoms with van der Waals surface area (Å²) in [6, 6.07) is 13.3. The first kappa shape index (κ1) is 14.9. The highest BCUT2D eigenvalue weighted by Gasteiger charge is 2.04. The maximum Gasteiger partial charge on any atom is 0.248 e. The van der Waals surface area contributed by atoms with E-state index in [4.69, 9.17) is 10.5 Å². The number of nitrogens with one attached hydrogen (secondary N) is 1. The lowest BCUT2D eigenvalue weighted by Crippen LogP contribution is -2.11. The van der Waals surface area contributed by atoms with Crippen molar-refractivity contribution < 1.29 is 9.53 Å². The van der Waals surface area contributed by atoms with E-state index in [0.29, 0.717) is 18.7 Å². The lowest BCUT2D eigenvalue weighted by Gasteiger charge is -2.11. The Balaban J connectivity index is 2.06. The Hall–Kier alpha value is -2.49. The zero-order valence-electron chi connectivity index (χ0n) is 12.3. The monoisotopic (exact) mass is 284 g/mol. The molecule has 4 heteroatoms. The van der Waals surface area contributed by atoms with Gasteiger partial charge < -0.3 is 15.8 Å². The summed E-state index contributed by atoms with van der Waals surface area (Å²) in [5, 5.41) is 3.35. The van der Waals surface area contributed by atoms with Crippen molar-refractivity contribution in [3.05, 3.63) is 59.2 Å². The molecule has 0 unspecified atom stereocenters. The van der Waals surface area contributed by atoms with Crippen LogP contribution in [-0.2, 0) is 6.54 Å². The molecule has 110 valence electrons. The molecule has 0 heterocycles. The normalized spacial score (nSPS) is 10.2. The van der Waals surface area contributed by atoms with Crippen LogP contribution in [0.5, 0.6) is 5.75 Å². The lowest BCUT2D eigenvalue weighted by molar-refractivity contribution is 0.1000. The van der Waals surface area contributed by atoms with Crippen molar-refractivity contribution >= 4 is 11.6 Å². The van der Waals surface area contributed by atoms with Crippen LogP contribution in [0.3, 0.4) is 0 Å². The average Bonchev–Trinajstić information content (AvgIpc) is 2.46. The predicted molar refractivity (Wildman–Crippen MR) is 84.6 cm³/mol. The second-order valence-electron chi connectivity index (χ2n) is 4.82. The molecule has 0 atom stereocenters. The number of nitrogens with two attached hydrogens (primary N) is 1. The van der Waals surface area contributed by atoms with E-state index in [1.54, 1.807) is 6.07 Å². The van der Waals surface area contributed by atoms with Gasteiger partial charge in [-0.05, 0) is 49.2 Å². The van der Waals surface area contributed by atoms with Crippen LogP contribution < -0.4 is 15.8 Å². The standard InChI is InChI=1S/C17H20N2O2/c1-3-21-16-6-4-5-15(10-16)19-11-14-8-7-13(17(18)20)9-12(14)2/h4-10,19H,3,11H2,1-2H3,(H2,18,20). The number of ether oxygens (including phenoxy) is 1. The lowest BCUT2D eigenvalue weighted by atomic mass is 10.0. The maximum absolute atomic E-state index is 11.1. The van der Waals surface area contributed by atoms with Crippen LogP contribution in [0.1, 0.15) is 28.4 Å². The van der Waals surface area contributed by atoms with Crippen LogP contribution in [0.4, 0.5) is 5.69 Å². The van der Waals surface area contributed by atoms with Crippen molar-refractivity contribution in [2.24, 2.45) is 5.73 Å². The quantitative estimate of drug-likeness (QED) is 0.856. The maximum atomic E-state index is 11.1. The second-order valence-corrected chi connectivity index (χ2v) is 4.82. The first-order valence-corrected chi connectivity index (χ1v) is 6.96. The fraction of sp³-hybridized carbons (Fsp3) is 0.235. The number of hydrogen-bond acceptors (Lipinski definition) is 3. The van der Waals surface area contributed by atoms with Crippen molar-refractivity contribution in [1.29, 1.82) is 0 Å². The minimum Gasteiger partial charge on any atom is -0.494 e. The van der Waals surface area contributed by atoms with Gasteiger partial charge in [0, 0.05) is 23.9 Å². The Morgan fingerprint density at radius 1 is 1.24 bits per heavy atom. The molecule has 0 bridgehead atoms. The van der Waals surface area contributed by atoms with Crippen molar-refractivity contribution in [3.63, 3.8) is 0 Å². The Morgan fingerprint density at radius 3 is 2.71 bits per heavy atom. The Bertz CT molecular complexity index is 638. The first-order valence-electron chi connectivity index (χ1n) is 6.96. The van der Waals surface area contributed by atoms with Gasteiger partial charge in [0.15, 0.2) is 0 Å². The van der Waals surface area contributed by atoms with E-state index in [1.807, 2.05) is 50.2 Å². The largest absolute Gasteiger partial charge is 0.494 e. The van der Waals surface area contributed by atoms with Crippen LogP contribution in [-0.4, -0.2) is 12.5 Å². The fourth-order valence-electron chi connectivity index (χ4n) is 2.11. The van der Waals surface area contributed by atoms with Gasteiger partial charge in [0.2, 0.25) is 5.91 Å². The minimum absolute atomic E-state index is 0.401. The molecule has 0 aromatic heterocycles. The van der Waals surface area contributed by atoms with Crippen molar-refractivity contribution in [2.45, 2.75) is 20.4 Å². The van der Waals surface area contributed by atoms with E-state index in [-0.39, 0.29) is 0 Å². The molecule has 0 saturated heterocycles. The number of primary amides is 1. The average molecular weight is 284 g/mol. The summed E-state index contributed by atoms with van der Waals surface area (Å²) in [6.45, 7) is 5.27. The van der Waals surface area contributed by atoms with Gasteiger partial charge in [-0.1, -0.05) is 12.1 Å². The van der Waals surface area contributed by atoms with Gasteiger partial charge in [-0.2, -0.15) is 0 Å². The molecule has 0 aliphatic carbocycles. The molecular formula is C17H20N2O2. The van der Waals surface area contributed by atoms with Crippen LogP contribution >= 0.6 is 0 Å². The van der Waals surface area contributed by atoms with Crippen molar-refractivity contribution in [3.8, 4) is 5.75 Å². The molecular weight excluding hydrogens is 264 g/mol. The van der Waals surface area contributed by atoms with Gasteiger partial charge in [0.25, 0.3) is 0 Å². The Labute approximate surface area is 124 Å². The number of aryl methyl sites for hydroxylation is 1. The molecule has 0 fully saturated rings. The number of carbonyl (C=O) groups is 1. The molecule has 2 rings (SSSR count). The third-order valence-electron chi connectivity index (χ3n) is 3.26. The summed E-state index contributed by atoms with van der Waals surface area (Å²) < 4.78 is 5.47. The van der Waals surface area contributed by atoms with Gasteiger partial charge in [-0.3, -0.25) is 4.79 Å². The smallest absolute Gasteiger partial charge is 0.248 e. The second kappa shape index (κ2) is 6.79. The van der Waals surface area contributed by atoms with Gasteiger partial charge in [0.1, 0.15) is 5.75 Å². The zero-order valence-corrected chi connectivity index (χ0v) is 12.3. The van der Waals surface area contributed by atoms with Gasteiger partial charge in [-0.25, -0.2) is 0 Å². The SMILES string of the molecule is CCOc1cccc(NCc2ccc(C(N)=O)cc2C)c1. The Morgan fingerprint density at radius 2 is 2.05 bits per heavy atom. The number of benzene rings is 2. The highest BCUT2D eigenvalue weighted by atomic mass is 16.5. The third kappa shape index (κ3) is 3.99. The molecule has 21 heavy (non-hydrogen) atoms. The number of rotatable bonds is 6. The van der Waals surface area contributed by atoms with Crippen molar-refractivity contribution in [1.82, 2.24) is 0 Å². The van der Waals surface area contributed by atoms with Crippen LogP contribution in [0.25, 0.3) is 0 Å². The fourth-order valence-corrected chi connectivity index (χ4v) is 2.11. The molecule has 1 amide bonds.